The second kappa shape index (κ2) is 5.45. The molecule has 0 saturated heterocycles. The van der Waals surface area contributed by atoms with E-state index in [-0.39, 0.29) is 23.0 Å². The molecule has 2 aromatic rings. The maximum Gasteiger partial charge on any atom is 0.287 e. The van der Waals surface area contributed by atoms with Gasteiger partial charge in [0.1, 0.15) is 11.6 Å². The van der Waals surface area contributed by atoms with Crippen LogP contribution in [0.15, 0.2) is 40.8 Å². The van der Waals surface area contributed by atoms with Gasteiger partial charge in [-0.25, -0.2) is 4.39 Å². The minimum Gasteiger partial charge on any atom is -0.451 e. The number of halogens is 1. The average molecular weight is 339 g/mol. The molecule has 0 spiro atoms. The lowest BCUT2D eigenvalue weighted by Crippen LogP contribution is -2.59. The zero-order valence-electron chi connectivity index (χ0n) is 14.1. The zero-order chi connectivity index (χ0) is 17.0. The van der Waals surface area contributed by atoms with E-state index in [9.17, 15) is 9.18 Å². The molecule has 4 heteroatoms. The van der Waals surface area contributed by atoms with E-state index in [2.05, 4.69) is 5.32 Å². The Morgan fingerprint density at radius 3 is 2.28 bits per heavy atom. The lowest BCUT2D eigenvalue weighted by atomic mass is 9.53. The summed E-state index contributed by atoms with van der Waals surface area (Å²) in [6.07, 6.45) is 7.33. The monoisotopic (exact) mass is 339 g/mol. The van der Waals surface area contributed by atoms with Crippen molar-refractivity contribution in [1.29, 1.82) is 0 Å². The third-order valence-corrected chi connectivity index (χ3v) is 6.39. The molecule has 1 aromatic carbocycles. The van der Waals surface area contributed by atoms with Crippen LogP contribution in [0.3, 0.4) is 0 Å². The van der Waals surface area contributed by atoms with Crippen molar-refractivity contribution in [2.75, 3.05) is 0 Å². The van der Waals surface area contributed by atoms with E-state index in [1.807, 2.05) is 0 Å². The number of rotatable bonds is 3. The molecule has 130 valence electrons. The van der Waals surface area contributed by atoms with Gasteiger partial charge in [-0.2, -0.15) is 0 Å². The molecule has 4 aliphatic rings. The summed E-state index contributed by atoms with van der Waals surface area (Å²) in [5.74, 6) is 2.49. The number of carbonyl (C=O) groups is 1. The second-order valence-corrected chi connectivity index (χ2v) is 8.30. The summed E-state index contributed by atoms with van der Waals surface area (Å²) in [5.41, 5.74) is 0.341. The summed E-state index contributed by atoms with van der Waals surface area (Å²) in [6.45, 7) is 0. The van der Waals surface area contributed by atoms with Crippen LogP contribution in [0.1, 0.15) is 49.1 Å². The maximum absolute atomic E-state index is 13.9. The smallest absolute Gasteiger partial charge is 0.287 e. The third-order valence-electron chi connectivity index (χ3n) is 6.39. The minimum absolute atomic E-state index is 0.0449. The Balaban J connectivity index is 1.36. The molecule has 25 heavy (non-hydrogen) atoms. The van der Waals surface area contributed by atoms with Gasteiger partial charge in [-0.3, -0.25) is 4.79 Å². The summed E-state index contributed by atoms with van der Waals surface area (Å²) in [5, 5.41) is 3.29. The van der Waals surface area contributed by atoms with Crippen LogP contribution in [0.4, 0.5) is 4.39 Å². The molecule has 4 fully saturated rings. The molecule has 1 N–H and O–H groups in total. The van der Waals surface area contributed by atoms with Crippen LogP contribution in [0.25, 0.3) is 11.3 Å². The predicted octanol–water partition coefficient (Wildman–Crippen LogP) is 4.78. The van der Waals surface area contributed by atoms with Crippen LogP contribution in [0, 0.1) is 23.6 Å². The predicted molar refractivity (Wildman–Crippen MR) is 92.5 cm³/mol. The molecule has 4 saturated carbocycles. The molecule has 0 radical (unpaired) electrons. The summed E-state index contributed by atoms with van der Waals surface area (Å²) in [4.78, 5) is 12.8. The van der Waals surface area contributed by atoms with Crippen molar-refractivity contribution in [3.63, 3.8) is 0 Å². The Bertz CT molecular complexity index is 790. The fourth-order valence-corrected chi connectivity index (χ4v) is 5.83. The number of nitrogens with one attached hydrogen (secondary N) is 1. The van der Waals surface area contributed by atoms with Crippen LogP contribution in [0.2, 0.25) is 0 Å². The topological polar surface area (TPSA) is 42.2 Å². The number of benzene rings is 1. The summed E-state index contributed by atoms with van der Waals surface area (Å²) < 4.78 is 19.6. The molecule has 1 heterocycles. The van der Waals surface area contributed by atoms with Gasteiger partial charge in [-0.05, 0) is 80.5 Å². The van der Waals surface area contributed by atoms with Gasteiger partial charge in [0.15, 0.2) is 5.76 Å². The van der Waals surface area contributed by atoms with E-state index in [1.165, 1.54) is 25.3 Å². The van der Waals surface area contributed by atoms with Crippen molar-refractivity contribution < 1.29 is 13.6 Å². The van der Waals surface area contributed by atoms with Gasteiger partial charge in [0.25, 0.3) is 5.91 Å². The molecular formula is C21H22FNO2. The lowest BCUT2D eigenvalue weighted by molar-refractivity contribution is -0.0171. The third kappa shape index (κ3) is 2.59. The summed E-state index contributed by atoms with van der Waals surface area (Å²) in [6, 6.07) is 9.78. The molecule has 3 nitrogen and oxygen atoms in total. The van der Waals surface area contributed by atoms with Crippen molar-refractivity contribution in [3.8, 4) is 11.3 Å². The highest BCUT2D eigenvalue weighted by atomic mass is 19.1. The quantitative estimate of drug-likeness (QED) is 0.874. The fraction of sp³-hybridized carbons (Fsp3) is 0.476. The molecule has 0 aliphatic heterocycles. The Hall–Kier alpha value is -2.10. The van der Waals surface area contributed by atoms with E-state index in [0.717, 1.165) is 37.0 Å². The molecule has 1 amide bonds. The lowest BCUT2D eigenvalue weighted by Gasteiger charge is -2.56. The normalized spacial score (nSPS) is 32.8. The van der Waals surface area contributed by atoms with Crippen molar-refractivity contribution in [1.82, 2.24) is 5.32 Å². The van der Waals surface area contributed by atoms with E-state index < -0.39 is 0 Å². The first-order chi connectivity index (χ1) is 12.1. The first-order valence-corrected chi connectivity index (χ1v) is 9.27. The van der Waals surface area contributed by atoms with E-state index >= 15 is 0 Å². The van der Waals surface area contributed by atoms with Crippen molar-refractivity contribution in [3.05, 3.63) is 48.0 Å². The second-order valence-electron chi connectivity index (χ2n) is 8.30. The van der Waals surface area contributed by atoms with E-state index in [4.69, 9.17) is 4.42 Å². The van der Waals surface area contributed by atoms with Gasteiger partial charge in [0.2, 0.25) is 0 Å². The Morgan fingerprint density at radius 2 is 1.64 bits per heavy atom. The number of carbonyl (C=O) groups excluding carboxylic acids is 1. The number of furan rings is 1. The van der Waals surface area contributed by atoms with Crippen molar-refractivity contribution in [2.45, 2.75) is 44.1 Å². The first-order valence-electron chi connectivity index (χ1n) is 9.27. The van der Waals surface area contributed by atoms with Crippen molar-refractivity contribution in [2.24, 2.45) is 17.8 Å². The molecule has 0 atom stereocenters. The Labute approximate surface area is 146 Å². The van der Waals surface area contributed by atoms with Crippen LogP contribution in [0.5, 0.6) is 0 Å². The fourth-order valence-electron chi connectivity index (χ4n) is 5.83. The summed E-state index contributed by atoms with van der Waals surface area (Å²) >= 11 is 0. The molecule has 4 bridgehead atoms. The first kappa shape index (κ1) is 15.2. The largest absolute Gasteiger partial charge is 0.451 e. The van der Waals surface area contributed by atoms with Gasteiger partial charge < -0.3 is 9.73 Å². The number of amides is 1. The van der Waals surface area contributed by atoms with Crippen molar-refractivity contribution >= 4 is 5.91 Å². The minimum atomic E-state index is -0.343. The molecule has 6 rings (SSSR count). The number of hydrogen-bond donors (Lipinski definition) is 1. The van der Waals surface area contributed by atoms with Gasteiger partial charge in [0.05, 0.1) is 5.56 Å². The Morgan fingerprint density at radius 1 is 1.00 bits per heavy atom. The molecule has 4 aliphatic carbocycles. The maximum atomic E-state index is 13.9. The van der Waals surface area contributed by atoms with E-state index in [1.54, 1.807) is 30.3 Å². The Kier molecular flexibility index (Phi) is 3.31. The SMILES string of the molecule is O=C(NC12CC3CC(CC(C3)C1)C2)c1ccc(-c2ccccc2F)o1. The highest BCUT2D eigenvalue weighted by molar-refractivity contribution is 5.92. The van der Waals surface area contributed by atoms with Crippen LogP contribution < -0.4 is 5.32 Å². The van der Waals surface area contributed by atoms with Crippen LogP contribution >= 0.6 is 0 Å². The number of hydrogen-bond acceptors (Lipinski definition) is 2. The van der Waals surface area contributed by atoms with Gasteiger partial charge in [0, 0.05) is 5.54 Å². The standard InChI is InChI=1S/C21H22FNO2/c22-17-4-2-1-3-16(17)18-5-6-19(25-18)20(24)23-21-10-13-7-14(11-21)9-15(8-13)12-21/h1-6,13-15H,7-12H2,(H,23,24). The molecular weight excluding hydrogens is 317 g/mol. The molecule has 1 aromatic heterocycles. The van der Waals surface area contributed by atoms with Gasteiger partial charge in [-0.1, -0.05) is 12.1 Å². The highest BCUT2D eigenvalue weighted by Gasteiger charge is 2.51. The molecule has 0 unspecified atom stereocenters. The van der Waals surface area contributed by atoms with Gasteiger partial charge >= 0.3 is 0 Å². The summed E-state index contributed by atoms with van der Waals surface area (Å²) in [7, 11) is 0. The zero-order valence-corrected chi connectivity index (χ0v) is 14.1. The van der Waals surface area contributed by atoms with Crippen LogP contribution in [-0.4, -0.2) is 11.4 Å². The van der Waals surface area contributed by atoms with Gasteiger partial charge in [-0.15, -0.1) is 0 Å². The highest BCUT2D eigenvalue weighted by Crippen LogP contribution is 2.55. The van der Waals surface area contributed by atoms with Crippen LogP contribution in [-0.2, 0) is 0 Å². The van der Waals surface area contributed by atoms with E-state index in [0.29, 0.717) is 11.3 Å². The average Bonchev–Trinajstić information content (AvgIpc) is 3.03.